The topological polar surface area (TPSA) is 128 Å². The zero-order valence-electron chi connectivity index (χ0n) is 15.8. The van der Waals surface area contributed by atoms with Crippen molar-refractivity contribution in [2.24, 2.45) is 0 Å². The molecule has 1 aromatic rings. The number of likely N-dealkylation sites (N-methyl/N-ethyl adjacent to an activating group) is 1. The normalized spacial score (nSPS) is 10.1. The molecule has 0 radical (unpaired) electrons. The molecule has 0 saturated heterocycles. The molecule has 0 fully saturated rings. The first-order valence-electron chi connectivity index (χ1n) is 8.66. The van der Waals surface area contributed by atoms with Gasteiger partial charge in [0.15, 0.2) is 0 Å². The Kier molecular flexibility index (Phi) is 12.4. The number of hydrogen-bond donors (Lipinski definition) is 4. The van der Waals surface area contributed by atoms with Crippen LogP contribution in [-0.4, -0.2) is 37.4 Å². The fourth-order valence-electron chi connectivity index (χ4n) is 2.17. The first kappa shape index (κ1) is 25.8. The highest BCUT2D eigenvalue weighted by molar-refractivity contribution is 6.36. The number of anilines is 1. The zero-order chi connectivity index (χ0) is 22.3. The van der Waals surface area contributed by atoms with Crippen molar-refractivity contribution in [3.8, 4) is 0 Å². The summed E-state index contributed by atoms with van der Waals surface area (Å²) in [6, 6.07) is 3.80. The molecule has 160 valence electrons. The number of carbonyl (C=O) groups excluding carboxylic acids is 4. The molecule has 3 amide bonds. The van der Waals surface area contributed by atoms with Gasteiger partial charge in [-0.3, -0.25) is 9.59 Å². The molecule has 0 aliphatic rings. The van der Waals surface area contributed by atoms with Gasteiger partial charge in [-0.15, -0.1) is 0 Å². The highest BCUT2D eigenvalue weighted by atomic mass is 19.4. The molecule has 4 N–H and O–H groups in total. The SMILES string of the molecule is CNC(=O)C(=O)CCCCCCNC(=O)Nc1cccc(C(F)(F)F)c1.N=C=O. The second-order valence-corrected chi connectivity index (χ2v) is 5.73. The molecule has 29 heavy (non-hydrogen) atoms. The fourth-order valence-corrected chi connectivity index (χ4v) is 2.17. The number of halogens is 3. The van der Waals surface area contributed by atoms with E-state index in [1.807, 2.05) is 0 Å². The number of urea groups is 1. The van der Waals surface area contributed by atoms with Crippen LogP contribution in [0.5, 0.6) is 0 Å². The van der Waals surface area contributed by atoms with Crippen LogP contribution in [0.2, 0.25) is 0 Å². The highest BCUT2D eigenvalue weighted by Gasteiger charge is 2.30. The lowest BCUT2D eigenvalue weighted by molar-refractivity contribution is -0.137. The van der Waals surface area contributed by atoms with Gasteiger partial charge in [-0.25, -0.2) is 15.0 Å². The number of hydrogen-bond acceptors (Lipinski definition) is 5. The van der Waals surface area contributed by atoms with Crippen LogP contribution in [0.15, 0.2) is 24.3 Å². The van der Waals surface area contributed by atoms with E-state index in [9.17, 15) is 27.6 Å². The van der Waals surface area contributed by atoms with Gasteiger partial charge in [0.05, 0.1) is 5.56 Å². The van der Waals surface area contributed by atoms with Crippen molar-refractivity contribution in [3.63, 3.8) is 0 Å². The van der Waals surface area contributed by atoms with Crippen molar-refractivity contribution in [1.82, 2.24) is 10.6 Å². The summed E-state index contributed by atoms with van der Waals surface area (Å²) >= 11 is 0. The van der Waals surface area contributed by atoms with E-state index in [4.69, 9.17) is 10.2 Å². The molecule has 1 rings (SSSR count). The molecule has 0 heterocycles. The smallest absolute Gasteiger partial charge is 0.353 e. The number of ketones is 1. The predicted molar refractivity (Wildman–Crippen MR) is 99.0 cm³/mol. The van der Waals surface area contributed by atoms with Crippen LogP contribution in [0.25, 0.3) is 0 Å². The summed E-state index contributed by atoms with van der Waals surface area (Å²) in [7, 11) is 1.40. The third-order valence-corrected chi connectivity index (χ3v) is 3.54. The number of isocyanates is 1. The molecule has 0 atom stereocenters. The van der Waals surface area contributed by atoms with Gasteiger partial charge in [-0.1, -0.05) is 18.9 Å². The molecule has 11 heteroatoms. The molecule has 0 aliphatic heterocycles. The van der Waals surface area contributed by atoms with Gasteiger partial charge >= 0.3 is 12.2 Å². The maximum atomic E-state index is 12.6. The standard InChI is InChI=1S/C17H22F3N3O3.CHNO/c1-21-15(25)14(24)9-4-2-3-5-10-22-16(26)23-13-8-6-7-12(11-13)17(18,19)20;2-1-3/h6-8,11H,2-5,9-10H2,1H3,(H,21,25)(H2,22,23,26);2H. The number of unbranched alkanes of at least 4 members (excludes halogenated alkanes) is 3. The molecule has 0 aliphatic carbocycles. The number of alkyl halides is 3. The summed E-state index contributed by atoms with van der Waals surface area (Å²) < 4.78 is 37.8. The van der Waals surface area contributed by atoms with Crippen LogP contribution in [0.3, 0.4) is 0 Å². The van der Waals surface area contributed by atoms with Gasteiger partial charge in [-0.2, -0.15) is 13.2 Å². The lowest BCUT2D eigenvalue weighted by atomic mass is 10.1. The molecule has 0 saturated carbocycles. The van der Waals surface area contributed by atoms with Crippen LogP contribution >= 0.6 is 0 Å². The molecule has 0 unspecified atom stereocenters. The monoisotopic (exact) mass is 416 g/mol. The van der Waals surface area contributed by atoms with Crippen molar-refractivity contribution >= 4 is 29.5 Å². The van der Waals surface area contributed by atoms with Crippen LogP contribution in [0.4, 0.5) is 23.7 Å². The number of nitrogens with one attached hydrogen (secondary N) is 4. The minimum Gasteiger partial charge on any atom is -0.353 e. The Morgan fingerprint density at radius 3 is 2.31 bits per heavy atom. The van der Waals surface area contributed by atoms with Gasteiger partial charge in [0.2, 0.25) is 11.9 Å². The van der Waals surface area contributed by atoms with Crippen molar-refractivity contribution < 1.29 is 32.3 Å². The van der Waals surface area contributed by atoms with E-state index in [2.05, 4.69) is 16.0 Å². The summed E-state index contributed by atoms with van der Waals surface area (Å²) in [5, 5.41) is 12.6. The fraction of sp³-hybridized carbons (Fsp3) is 0.444. The van der Waals surface area contributed by atoms with E-state index < -0.39 is 29.5 Å². The number of amides is 3. The number of Topliss-reactive ketones (excluding diaryl/α,β-unsaturated/α-hetero) is 1. The first-order valence-corrected chi connectivity index (χ1v) is 8.66. The predicted octanol–water partition coefficient (Wildman–Crippen LogP) is 2.99. The summed E-state index contributed by atoms with van der Waals surface area (Å²) in [5.74, 6) is -1.05. The Bertz CT molecular complexity index is 717. The molecule has 0 bridgehead atoms. The van der Waals surface area contributed by atoms with Crippen molar-refractivity contribution in [3.05, 3.63) is 29.8 Å². The van der Waals surface area contributed by atoms with Crippen molar-refractivity contribution in [1.29, 1.82) is 5.41 Å². The summed E-state index contributed by atoms with van der Waals surface area (Å²) in [4.78, 5) is 42.3. The Balaban J connectivity index is 0.00000245. The van der Waals surface area contributed by atoms with Crippen LogP contribution in [0.1, 0.15) is 37.7 Å². The Morgan fingerprint density at radius 2 is 1.72 bits per heavy atom. The second-order valence-electron chi connectivity index (χ2n) is 5.73. The van der Waals surface area contributed by atoms with Crippen molar-refractivity contribution in [2.45, 2.75) is 38.3 Å². The maximum absolute atomic E-state index is 12.6. The quantitative estimate of drug-likeness (QED) is 0.213. The molecule has 0 aromatic heterocycles. The lowest BCUT2D eigenvalue weighted by Gasteiger charge is -2.10. The largest absolute Gasteiger partial charge is 0.416 e. The Hall–Kier alpha value is -3.20. The van der Waals surface area contributed by atoms with E-state index >= 15 is 0 Å². The minimum absolute atomic E-state index is 0.0602. The molecule has 1 aromatic carbocycles. The van der Waals surface area contributed by atoms with Crippen molar-refractivity contribution in [2.75, 3.05) is 18.9 Å². The minimum atomic E-state index is -4.46. The number of rotatable bonds is 9. The summed E-state index contributed by atoms with van der Waals surface area (Å²) in [6.07, 6.45) is -0.798. The number of benzene rings is 1. The Morgan fingerprint density at radius 1 is 1.10 bits per heavy atom. The second kappa shape index (κ2) is 13.9. The van der Waals surface area contributed by atoms with E-state index in [0.717, 1.165) is 31.1 Å². The first-order chi connectivity index (χ1) is 13.6. The van der Waals surface area contributed by atoms with Crippen LogP contribution < -0.4 is 16.0 Å². The van der Waals surface area contributed by atoms with E-state index in [1.54, 1.807) is 0 Å². The highest BCUT2D eigenvalue weighted by Crippen LogP contribution is 2.30. The zero-order valence-corrected chi connectivity index (χ0v) is 15.8. The molecule has 8 nitrogen and oxygen atoms in total. The average molecular weight is 416 g/mol. The molecular weight excluding hydrogens is 393 g/mol. The summed E-state index contributed by atoms with van der Waals surface area (Å²) in [5.41, 5.74) is -0.772. The maximum Gasteiger partial charge on any atom is 0.416 e. The molecule has 0 spiro atoms. The van der Waals surface area contributed by atoms with Gasteiger partial charge in [0, 0.05) is 25.7 Å². The number of carbonyl (C=O) groups is 3. The lowest BCUT2D eigenvalue weighted by Crippen LogP contribution is -2.29. The van der Waals surface area contributed by atoms with Gasteiger partial charge in [-0.05, 0) is 31.0 Å². The third-order valence-electron chi connectivity index (χ3n) is 3.54. The Labute approximate surface area is 165 Å². The van der Waals surface area contributed by atoms with E-state index in [0.29, 0.717) is 19.4 Å². The average Bonchev–Trinajstić information content (AvgIpc) is 2.66. The molecular formula is C18H23F3N4O4. The van der Waals surface area contributed by atoms with Gasteiger partial charge in [0.25, 0.3) is 5.91 Å². The summed E-state index contributed by atoms with van der Waals surface area (Å²) in [6.45, 7) is 0.355. The van der Waals surface area contributed by atoms with E-state index in [1.165, 1.54) is 19.2 Å². The van der Waals surface area contributed by atoms with Gasteiger partial charge < -0.3 is 16.0 Å². The van der Waals surface area contributed by atoms with Crippen LogP contribution in [-0.2, 0) is 20.6 Å². The van der Waals surface area contributed by atoms with Crippen LogP contribution in [0, 0.1) is 5.41 Å². The van der Waals surface area contributed by atoms with E-state index in [-0.39, 0.29) is 12.1 Å². The third kappa shape index (κ3) is 12.0. The van der Waals surface area contributed by atoms with Gasteiger partial charge in [0.1, 0.15) is 0 Å².